The molecule has 0 saturated heterocycles. The lowest BCUT2D eigenvalue weighted by atomic mass is 10.1. The quantitative estimate of drug-likeness (QED) is 0.663. The molecule has 106 valence electrons. The highest BCUT2D eigenvalue weighted by Crippen LogP contribution is 2.15. The number of halogens is 1. The Morgan fingerprint density at radius 3 is 2.74 bits per heavy atom. The standard InChI is InChI=1S/C13H20BrN3O2/c1-13(2,3)19-11(18)7-5-4-6-9-12(15)16-8-10(14)17-9/h8H,4-7H2,1-3H3,(H2,15,16). The smallest absolute Gasteiger partial charge is 0.306 e. The second-order valence-corrected chi connectivity index (χ2v) is 6.13. The number of nitrogens with zero attached hydrogens (tertiary/aromatic N) is 2. The fourth-order valence-electron chi connectivity index (χ4n) is 1.55. The molecule has 0 spiro atoms. The van der Waals surface area contributed by atoms with Gasteiger partial charge in [-0.15, -0.1) is 0 Å². The number of unbranched alkanes of at least 4 members (excludes halogenated alkanes) is 1. The van der Waals surface area contributed by atoms with E-state index in [9.17, 15) is 4.79 Å². The lowest BCUT2D eigenvalue weighted by Crippen LogP contribution is -2.23. The van der Waals surface area contributed by atoms with Gasteiger partial charge in [-0.2, -0.15) is 0 Å². The van der Waals surface area contributed by atoms with Crippen molar-refractivity contribution in [3.8, 4) is 0 Å². The minimum atomic E-state index is -0.419. The number of carbonyl (C=O) groups is 1. The first-order valence-electron chi connectivity index (χ1n) is 6.26. The van der Waals surface area contributed by atoms with Crippen LogP contribution in [0.1, 0.15) is 45.7 Å². The van der Waals surface area contributed by atoms with Crippen molar-refractivity contribution in [2.75, 3.05) is 5.73 Å². The minimum Gasteiger partial charge on any atom is -0.460 e. The van der Waals surface area contributed by atoms with Crippen LogP contribution in [0.2, 0.25) is 0 Å². The summed E-state index contributed by atoms with van der Waals surface area (Å²) in [5, 5.41) is 0. The van der Waals surface area contributed by atoms with Crippen LogP contribution in [-0.4, -0.2) is 21.5 Å². The maximum absolute atomic E-state index is 11.5. The second kappa shape index (κ2) is 6.84. The molecule has 0 aliphatic rings. The summed E-state index contributed by atoms with van der Waals surface area (Å²) in [7, 11) is 0. The molecule has 0 bridgehead atoms. The predicted molar refractivity (Wildman–Crippen MR) is 77.5 cm³/mol. The SMILES string of the molecule is CC(C)(C)OC(=O)CCCCc1nc(Br)cnc1N. The zero-order valence-electron chi connectivity index (χ0n) is 11.6. The van der Waals surface area contributed by atoms with E-state index >= 15 is 0 Å². The van der Waals surface area contributed by atoms with Gasteiger partial charge >= 0.3 is 5.97 Å². The summed E-state index contributed by atoms with van der Waals surface area (Å²) >= 11 is 3.26. The van der Waals surface area contributed by atoms with Crippen LogP contribution in [0.3, 0.4) is 0 Å². The number of aromatic nitrogens is 2. The van der Waals surface area contributed by atoms with Crippen molar-refractivity contribution >= 4 is 27.7 Å². The first-order valence-corrected chi connectivity index (χ1v) is 7.06. The second-order valence-electron chi connectivity index (χ2n) is 5.32. The molecule has 0 aliphatic heterocycles. The molecule has 1 rings (SSSR count). The Labute approximate surface area is 122 Å². The number of nitrogen functional groups attached to an aromatic ring is 1. The number of ether oxygens (including phenoxy) is 1. The number of rotatable bonds is 5. The Balaban J connectivity index is 2.31. The first kappa shape index (κ1) is 15.9. The van der Waals surface area contributed by atoms with Gasteiger partial charge in [0, 0.05) is 6.42 Å². The van der Waals surface area contributed by atoms with Crippen molar-refractivity contribution in [3.05, 3.63) is 16.5 Å². The summed E-state index contributed by atoms with van der Waals surface area (Å²) in [6.07, 6.45) is 4.27. The number of esters is 1. The topological polar surface area (TPSA) is 78.1 Å². The molecule has 0 amide bonds. The van der Waals surface area contributed by atoms with Crippen molar-refractivity contribution in [2.45, 2.75) is 52.1 Å². The van der Waals surface area contributed by atoms with Gasteiger partial charge in [-0.3, -0.25) is 4.79 Å². The van der Waals surface area contributed by atoms with E-state index in [0.29, 0.717) is 23.3 Å². The summed E-state index contributed by atoms with van der Waals surface area (Å²) in [6.45, 7) is 5.59. The van der Waals surface area contributed by atoms with Crippen molar-refractivity contribution < 1.29 is 9.53 Å². The van der Waals surface area contributed by atoms with Crippen LogP contribution in [0.15, 0.2) is 10.8 Å². The van der Waals surface area contributed by atoms with E-state index in [1.807, 2.05) is 20.8 Å². The van der Waals surface area contributed by atoms with Gasteiger partial charge in [-0.1, -0.05) is 0 Å². The highest BCUT2D eigenvalue weighted by Gasteiger charge is 2.15. The molecule has 6 heteroatoms. The Bertz CT molecular complexity index is 444. The fourth-order valence-corrected chi connectivity index (χ4v) is 1.87. The van der Waals surface area contributed by atoms with E-state index in [4.69, 9.17) is 10.5 Å². The Morgan fingerprint density at radius 1 is 1.42 bits per heavy atom. The van der Waals surface area contributed by atoms with Gasteiger partial charge in [0.2, 0.25) is 0 Å². The van der Waals surface area contributed by atoms with Crippen LogP contribution in [0.5, 0.6) is 0 Å². The number of hydrogen-bond donors (Lipinski definition) is 1. The molecular formula is C13H20BrN3O2. The van der Waals surface area contributed by atoms with E-state index in [1.54, 1.807) is 6.20 Å². The van der Waals surface area contributed by atoms with Crippen LogP contribution in [0.25, 0.3) is 0 Å². The zero-order chi connectivity index (χ0) is 14.5. The molecule has 19 heavy (non-hydrogen) atoms. The van der Waals surface area contributed by atoms with Crippen molar-refractivity contribution in [2.24, 2.45) is 0 Å². The predicted octanol–water partition coefficient (Wildman–Crippen LogP) is 2.88. The summed E-state index contributed by atoms with van der Waals surface area (Å²) in [4.78, 5) is 19.8. The van der Waals surface area contributed by atoms with Gasteiger partial charge in [0.1, 0.15) is 16.0 Å². The summed E-state index contributed by atoms with van der Waals surface area (Å²) in [6, 6.07) is 0. The van der Waals surface area contributed by atoms with E-state index in [2.05, 4.69) is 25.9 Å². The average Bonchev–Trinajstić information content (AvgIpc) is 2.26. The molecular weight excluding hydrogens is 310 g/mol. The molecule has 0 radical (unpaired) electrons. The molecule has 1 aromatic heterocycles. The Hall–Kier alpha value is -1.17. The molecule has 2 N–H and O–H groups in total. The van der Waals surface area contributed by atoms with Gasteiger partial charge in [-0.25, -0.2) is 9.97 Å². The maximum atomic E-state index is 11.5. The Morgan fingerprint density at radius 2 is 2.11 bits per heavy atom. The number of aryl methyl sites for hydroxylation is 1. The molecule has 1 heterocycles. The van der Waals surface area contributed by atoms with Gasteiger partial charge in [0.15, 0.2) is 0 Å². The van der Waals surface area contributed by atoms with Crippen LogP contribution >= 0.6 is 15.9 Å². The third-order valence-electron chi connectivity index (χ3n) is 2.31. The average molecular weight is 330 g/mol. The van der Waals surface area contributed by atoms with E-state index in [1.165, 1.54) is 0 Å². The molecule has 5 nitrogen and oxygen atoms in total. The van der Waals surface area contributed by atoms with Gasteiger partial charge in [-0.05, 0) is 56.0 Å². The molecule has 0 aromatic carbocycles. The molecule has 1 aromatic rings. The monoisotopic (exact) mass is 329 g/mol. The summed E-state index contributed by atoms with van der Waals surface area (Å²) in [5.74, 6) is 0.279. The maximum Gasteiger partial charge on any atom is 0.306 e. The minimum absolute atomic E-state index is 0.166. The molecule has 0 fully saturated rings. The van der Waals surface area contributed by atoms with Crippen LogP contribution in [0, 0.1) is 0 Å². The Kier molecular flexibility index (Phi) is 5.72. The number of hydrogen-bond acceptors (Lipinski definition) is 5. The fraction of sp³-hybridized carbons (Fsp3) is 0.615. The van der Waals surface area contributed by atoms with Gasteiger partial charge < -0.3 is 10.5 Å². The van der Waals surface area contributed by atoms with Crippen LogP contribution in [0.4, 0.5) is 5.82 Å². The van der Waals surface area contributed by atoms with E-state index in [0.717, 1.165) is 18.5 Å². The van der Waals surface area contributed by atoms with Gasteiger partial charge in [0.05, 0.1) is 11.9 Å². The molecule has 0 unspecified atom stereocenters. The lowest BCUT2D eigenvalue weighted by Gasteiger charge is -2.19. The van der Waals surface area contributed by atoms with Crippen molar-refractivity contribution in [3.63, 3.8) is 0 Å². The summed E-state index contributed by atoms with van der Waals surface area (Å²) in [5.41, 5.74) is 6.07. The molecule has 0 atom stereocenters. The lowest BCUT2D eigenvalue weighted by molar-refractivity contribution is -0.154. The highest BCUT2D eigenvalue weighted by atomic mass is 79.9. The van der Waals surface area contributed by atoms with Crippen molar-refractivity contribution in [1.82, 2.24) is 9.97 Å². The van der Waals surface area contributed by atoms with E-state index < -0.39 is 5.60 Å². The number of anilines is 1. The molecule has 0 aliphatic carbocycles. The van der Waals surface area contributed by atoms with Gasteiger partial charge in [0.25, 0.3) is 0 Å². The third kappa shape index (κ3) is 6.52. The molecule has 0 saturated carbocycles. The largest absolute Gasteiger partial charge is 0.460 e. The first-order chi connectivity index (χ1) is 8.78. The third-order valence-corrected chi connectivity index (χ3v) is 2.69. The highest BCUT2D eigenvalue weighted by molar-refractivity contribution is 9.10. The number of carbonyl (C=O) groups excluding carboxylic acids is 1. The van der Waals surface area contributed by atoms with E-state index in [-0.39, 0.29) is 5.97 Å². The normalized spacial score (nSPS) is 11.4. The zero-order valence-corrected chi connectivity index (χ0v) is 13.2. The number of nitrogens with two attached hydrogens (primary N) is 1. The summed E-state index contributed by atoms with van der Waals surface area (Å²) < 4.78 is 5.90. The van der Waals surface area contributed by atoms with Crippen LogP contribution in [-0.2, 0) is 16.0 Å². The van der Waals surface area contributed by atoms with Crippen LogP contribution < -0.4 is 5.73 Å². The van der Waals surface area contributed by atoms with Crippen molar-refractivity contribution in [1.29, 1.82) is 0 Å².